The first-order chi connectivity index (χ1) is 9.65. The number of aromatic amines is 1. The molecule has 0 radical (unpaired) electrons. The maximum Gasteiger partial charge on any atom is 0.153 e. The van der Waals surface area contributed by atoms with Gasteiger partial charge in [-0.05, 0) is 36.8 Å². The lowest BCUT2D eigenvalue weighted by molar-refractivity contribution is 0.628. The molecule has 2 aromatic carbocycles. The molecular formula is C16H14FN3. The first-order valence-electron chi connectivity index (χ1n) is 6.32. The summed E-state index contributed by atoms with van der Waals surface area (Å²) in [6.07, 6.45) is 0. The van der Waals surface area contributed by atoms with Crippen LogP contribution in [0.5, 0.6) is 0 Å². The summed E-state index contributed by atoms with van der Waals surface area (Å²) in [5.74, 6) is 0.174. The standard InChI is InChI=1S/C16H14FN3/c1-10-3-2-4-12(9-10)14-15(19-20-16(14)18)11-5-7-13(17)8-6-11/h2-9H,1H3,(H3,18,19,20). The number of rotatable bonds is 2. The monoisotopic (exact) mass is 267 g/mol. The van der Waals surface area contributed by atoms with E-state index in [0.717, 1.165) is 27.9 Å². The van der Waals surface area contributed by atoms with Crippen LogP contribution in [0.1, 0.15) is 5.56 Å². The summed E-state index contributed by atoms with van der Waals surface area (Å²) in [5.41, 5.74) is 10.6. The van der Waals surface area contributed by atoms with Crippen LogP contribution in [0.2, 0.25) is 0 Å². The summed E-state index contributed by atoms with van der Waals surface area (Å²) in [7, 11) is 0. The van der Waals surface area contributed by atoms with E-state index >= 15 is 0 Å². The van der Waals surface area contributed by atoms with Gasteiger partial charge in [-0.1, -0.05) is 29.8 Å². The Morgan fingerprint density at radius 3 is 2.50 bits per heavy atom. The molecule has 3 rings (SSSR count). The number of nitrogens with one attached hydrogen (secondary N) is 1. The maximum atomic E-state index is 13.0. The Bertz CT molecular complexity index is 745. The van der Waals surface area contributed by atoms with Crippen LogP contribution < -0.4 is 5.73 Å². The normalized spacial score (nSPS) is 10.7. The quantitative estimate of drug-likeness (QED) is 0.742. The van der Waals surface area contributed by atoms with E-state index in [1.54, 1.807) is 12.1 Å². The van der Waals surface area contributed by atoms with Gasteiger partial charge >= 0.3 is 0 Å². The Morgan fingerprint density at radius 1 is 1.05 bits per heavy atom. The van der Waals surface area contributed by atoms with E-state index in [2.05, 4.69) is 10.2 Å². The molecule has 0 aliphatic carbocycles. The van der Waals surface area contributed by atoms with Crippen molar-refractivity contribution in [1.82, 2.24) is 10.2 Å². The highest BCUT2D eigenvalue weighted by atomic mass is 19.1. The number of benzene rings is 2. The van der Waals surface area contributed by atoms with Crippen molar-refractivity contribution in [3.8, 4) is 22.4 Å². The summed E-state index contributed by atoms with van der Waals surface area (Å²) in [6.45, 7) is 2.03. The van der Waals surface area contributed by atoms with Crippen molar-refractivity contribution in [2.75, 3.05) is 5.73 Å². The molecule has 100 valence electrons. The Hall–Kier alpha value is -2.62. The average Bonchev–Trinajstić information content (AvgIpc) is 2.81. The second-order valence-electron chi connectivity index (χ2n) is 4.74. The molecule has 0 saturated heterocycles. The molecule has 0 unspecified atom stereocenters. The van der Waals surface area contributed by atoms with Gasteiger partial charge in [-0.15, -0.1) is 0 Å². The van der Waals surface area contributed by atoms with Crippen LogP contribution in [0.15, 0.2) is 48.5 Å². The van der Waals surface area contributed by atoms with Gasteiger partial charge in [-0.3, -0.25) is 5.10 Å². The minimum atomic E-state index is -0.265. The zero-order valence-corrected chi connectivity index (χ0v) is 11.0. The summed E-state index contributed by atoms with van der Waals surface area (Å²) in [5, 5.41) is 7.01. The van der Waals surface area contributed by atoms with Gasteiger partial charge < -0.3 is 5.73 Å². The molecule has 4 heteroatoms. The van der Waals surface area contributed by atoms with Crippen LogP contribution in [0.4, 0.5) is 10.2 Å². The number of nitrogen functional groups attached to an aromatic ring is 1. The van der Waals surface area contributed by atoms with Gasteiger partial charge in [0.2, 0.25) is 0 Å². The van der Waals surface area contributed by atoms with E-state index in [-0.39, 0.29) is 5.82 Å². The smallest absolute Gasteiger partial charge is 0.153 e. The second-order valence-corrected chi connectivity index (χ2v) is 4.74. The summed E-state index contributed by atoms with van der Waals surface area (Å²) < 4.78 is 13.0. The number of aryl methyl sites for hydroxylation is 1. The third kappa shape index (κ3) is 2.16. The van der Waals surface area contributed by atoms with E-state index in [1.165, 1.54) is 12.1 Å². The number of aromatic nitrogens is 2. The largest absolute Gasteiger partial charge is 0.382 e. The van der Waals surface area contributed by atoms with E-state index in [1.807, 2.05) is 31.2 Å². The lowest BCUT2D eigenvalue weighted by Gasteiger charge is -2.06. The molecule has 0 bridgehead atoms. The average molecular weight is 267 g/mol. The van der Waals surface area contributed by atoms with Gasteiger partial charge in [-0.25, -0.2) is 4.39 Å². The zero-order valence-electron chi connectivity index (χ0n) is 11.0. The van der Waals surface area contributed by atoms with Gasteiger partial charge in [-0.2, -0.15) is 5.10 Å². The van der Waals surface area contributed by atoms with Gasteiger partial charge in [0.1, 0.15) is 5.82 Å². The SMILES string of the molecule is Cc1cccc(-c2c(N)n[nH]c2-c2ccc(F)cc2)c1. The van der Waals surface area contributed by atoms with Gasteiger partial charge in [0.25, 0.3) is 0 Å². The second kappa shape index (κ2) is 4.81. The Morgan fingerprint density at radius 2 is 1.80 bits per heavy atom. The van der Waals surface area contributed by atoms with E-state index in [4.69, 9.17) is 5.73 Å². The third-order valence-corrected chi connectivity index (χ3v) is 3.23. The van der Waals surface area contributed by atoms with Crippen molar-refractivity contribution in [3.05, 3.63) is 59.9 Å². The van der Waals surface area contributed by atoms with Crippen molar-refractivity contribution in [2.24, 2.45) is 0 Å². The lowest BCUT2D eigenvalue weighted by atomic mass is 9.99. The minimum absolute atomic E-state index is 0.265. The number of nitrogens with zero attached hydrogens (tertiary/aromatic N) is 1. The van der Waals surface area contributed by atoms with Crippen molar-refractivity contribution < 1.29 is 4.39 Å². The van der Waals surface area contributed by atoms with Gasteiger partial charge in [0, 0.05) is 5.56 Å². The molecule has 0 saturated carbocycles. The first kappa shape index (κ1) is 12.4. The van der Waals surface area contributed by atoms with Crippen molar-refractivity contribution >= 4 is 5.82 Å². The van der Waals surface area contributed by atoms with Crippen LogP contribution >= 0.6 is 0 Å². The third-order valence-electron chi connectivity index (χ3n) is 3.23. The van der Waals surface area contributed by atoms with Crippen LogP contribution in [0.3, 0.4) is 0 Å². The molecule has 0 aliphatic rings. The predicted molar refractivity (Wildman–Crippen MR) is 78.6 cm³/mol. The Kier molecular flexibility index (Phi) is 2.99. The molecule has 3 aromatic rings. The summed E-state index contributed by atoms with van der Waals surface area (Å²) in [4.78, 5) is 0. The Balaban J connectivity index is 2.17. The Labute approximate surface area is 116 Å². The number of nitrogens with two attached hydrogens (primary N) is 1. The number of hydrogen-bond acceptors (Lipinski definition) is 2. The van der Waals surface area contributed by atoms with Crippen LogP contribution in [-0.2, 0) is 0 Å². The molecule has 3 N–H and O–H groups in total. The van der Waals surface area contributed by atoms with E-state index in [0.29, 0.717) is 5.82 Å². The fourth-order valence-electron chi connectivity index (χ4n) is 2.27. The number of H-pyrrole nitrogens is 1. The van der Waals surface area contributed by atoms with Crippen LogP contribution in [-0.4, -0.2) is 10.2 Å². The summed E-state index contributed by atoms with van der Waals surface area (Å²) in [6, 6.07) is 14.3. The minimum Gasteiger partial charge on any atom is -0.382 e. The topological polar surface area (TPSA) is 54.7 Å². The van der Waals surface area contributed by atoms with E-state index < -0.39 is 0 Å². The molecule has 3 nitrogen and oxygen atoms in total. The molecule has 20 heavy (non-hydrogen) atoms. The highest BCUT2D eigenvalue weighted by Gasteiger charge is 2.14. The lowest BCUT2D eigenvalue weighted by Crippen LogP contribution is -1.89. The molecule has 0 amide bonds. The predicted octanol–water partition coefficient (Wildman–Crippen LogP) is 3.77. The highest BCUT2D eigenvalue weighted by Crippen LogP contribution is 2.34. The van der Waals surface area contributed by atoms with Crippen molar-refractivity contribution in [2.45, 2.75) is 6.92 Å². The fraction of sp³-hybridized carbons (Fsp3) is 0.0625. The van der Waals surface area contributed by atoms with Crippen molar-refractivity contribution in [3.63, 3.8) is 0 Å². The van der Waals surface area contributed by atoms with Gasteiger partial charge in [0.15, 0.2) is 5.82 Å². The molecular weight excluding hydrogens is 253 g/mol. The molecule has 0 aliphatic heterocycles. The van der Waals surface area contributed by atoms with E-state index in [9.17, 15) is 4.39 Å². The molecule has 0 fully saturated rings. The van der Waals surface area contributed by atoms with Crippen molar-refractivity contribution in [1.29, 1.82) is 0 Å². The zero-order chi connectivity index (χ0) is 14.1. The molecule has 1 heterocycles. The maximum absolute atomic E-state index is 13.0. The molecule has 1 aromatic heterocycles. The first-order valence-corrected chi connectivity index (χ1v) is 6.32. The fourth-order valence-corrected chi connectivity index (χ4v) is 2.27. The number of anilines is 1. The summed E-state index contributed by atoms with van der Waals surface area (Å²) >= 11 is 0. The van der Waals surface area contributed by atoms with Gasteiger partial charge in [0.05, 0.1) is 11.3 Å². The number of hydrogen-bond donors (Lipinski definition) is 2. The van der Waals surface area contributed by atoms with Crippen LogP contribution in [0, 0.1) is 12.7 Å². The molecule has 0 atom stereocenters. The molecule has 0 spiro atoms. The van der Waals surface area contributed by atoms with Crippen LogP contribution in [0.25, 0.3) is 22.4 Å². The highest BCUT2D eigenvalue weighted by molar-refractivity contribution is 5.87. The number of halogens is 1.